The second-order valence-electron chi connectivity index (χ2n) is 6.85. The van der Waals surface area contributed by atoms with Gasteiger partial charge in [-0.1, -0.05) is 38.3 Å². The van der Waals surface area contributed by atoms with Crippen molar-refractivity contribution in [3.63, 3.8) is 0 Å². The van der Waals surface area contributed by atoms with Gasteiger partial charge in [0.05, 0.1) is 11.6 Å². The zero-order valence-corrected chi connectivity index (χ0v) is 15.9. The molecular weight excluding hydrogens is 324 g/mol. The van der Waals surface area contributed by atoms with Crippen molar-refractivity contribution in [1.29, 1.82) is 0 Å². The Morgan fingerprint density at radius 2 is 2.00 bits per heavy atom. The van der Waals surface area contributed by atoms with Gasteiger partial charge in [0.15, 0.2) is 0 Å². The lowest BCUT2D eigenvalue weighted by Crippen LogP contribution is -2.54. The maximum atomic E-state index is 12.5. The lowest BCUT2D eigenvalue weighted by molar-refractivity contribution is -0.127. The number of nitrogens with two attached hydrogens (primary N) is 1. The first-order chi connectivity index (χ1) is 10.9. The van der Waals surface area contributed by atoms with Gasteiger partial charge in [-0.15, -0.1) is 12.4 Å². The van der Waals surface area contributed by atoms with Gasteiger partial charge in [-0.05, 0) is 44.7 Å². The Hall–Kier alpha value is -1.26. The zero-order valence-electron chi connectivity index (χ0n) is 15.1. The molecule has 24 heavy (non-hydrogen) atoms. The second kappa shape index (κ2) is 9.28. The summed E-state index contributed by atoms with van der Waals surface area (Å²) in [4.78, 5) is 12.5. The second-order valence-corrected chi connectivity index (χ2v) is 6.85. The van der Waals surface area contributed by atoms with E-state index in [9.17, 15) is 4.79 Å². The molecule has 5 heteroatoms. The summed E-state index contributed by atoms with van der Waals surface area (Å²) in [5, 5.41) is 3.02. The number of ether oxygens (including phenoxy) is 1. The van der Waals surface area contributed by atoms with Crippen molar-refractivity contribution < 1.29 is 9.53 Å². The summed E-state index contributed by atoms with van der Waals surface area (Å²) in [6.07, 6.45) is 5.92. The van der Waals surface area contributed by atoms with Crippen molar-refractivity contribution in [2.75, 3.05) is 0 Å². The highest BCUT2D eigenvalue weighted by Crippen LogP contribution is 2.27. The van der Waals surface area contributed by atoms with E-state index >= 15 is 0 Å². The highest BCUT2D eigenvalue weighted by molar-refractivity contribution is 5.86. The van der Waals surface area contributed by atoms with Crippen molar-refractivity contribution in [2.24, 2.45) is 5.73 Å². The van der Waals surface area contributed by atoms with Crippen LogP contribution in [0.5, 0.6) is 5.75 Å². The van der Waals surface area contributed by atoms with Crippen molar-refractivity contribution in [3.8, 4) is 5.75 Å². The molecule has 1 unspecified atom stereocenters. The first-order valence-corrected chi connectivity index (χ1v) is 8.78. The predicted molar refractivity (Wildman–Crippen MR) is 101 cm³/mol. The predicted octanol–water partition coefficient (Wildman–Crippen LogP) is 3.87. The van der Waals surface area contributed by atoms with Gasteiger partial charge in [-0.3, -0.25) is 4.79 Å². The van der Waals surface area contributed by atoms with Crippen molar-refractivity contribution in [1.82, 2.24) is 5.32 Å². The molecule has 1 aromatic carbocycles. The molecule has 0 aliphatic heterocycles. The summed E-state index contributed by atoms with van der Waals surface area (Å²) in [7, 11) is 0. The molecule has 0 heterocycles. The third-order valence-electron chi connectivity index (χ3n) is 4.76. The molecule has 1 aliphatic carbocycles. The van der Waals surface area contributed by atoms with Crippen LogP contribution in [0.15, 0.2) is 18.2 Å². The van der Waals surface area contributed by atoms with Crippen LogP contribution in [0, 0.1) is 6.92 Å². The molecule has 4 nitrogen and oxygen atoms in total. The largest absolute Gasteiger partial charge is 0.490 e. The third-order valence-corrected chi connectivity index (χ3v) is 4.76. The van der Waals surface area contributed by atoms with Crippen LogP contribution in [0.25, 0.3) is 0 Å². The van der Waals surface area contributed by atoms with Crippen LogP contribution < -0.4 is 15.8 Å². The monoisotopic (exact) mass is 354 g/mol. The molecule has 0 saturated heterocycles. The number of nitrogens with one attached hydrogen (secondary N) is 1. The van der Waals surface area contributed by atoms with Crippen LogP contribution in [0.1, 0.15) is 63.5 Å². The molecular formula is C19H31ClN2O2. The average Bonchev–Trinajstić information content (AvgIpc) is 2.54. The van der Waals surface area contributed by atoms with E-state index in [4.69, 9.17) is 10.5 Å². The normalized spacial score (nSPS) is 17.5. The van der Waals surface area contributed by atoms with Crippen molar-refractivity contribution >= 4 is 18.3 Å². The molecule has 3 N–H and O–H groups in total. The average molecular weight is 355 g/mol. The highest BCUT2D eigenvalue weighted by atomic mass is 35.5. The number of amides is 1. The van der Waals surface area contributed by atoms with Gasteiger partial charge in [-0.25, -0.2) is 0 Å². The van der Waals surface area contributed by atoms with E-state index in [1.165, 1.54) is 6.42 Å². The Morgan fingerprint density at radius 3 is 2.62 bits per heavy atom. The molecule has 0 radical (unpaired) electrons. The number of aryl methyl sites for hydroxylation is 1. The maximum Gasteiger partial charge on any atom is 0.240 e. The molecule has 1 aromatic rings. The van der Waals surface area contributed by atoms with Crippen LogP contribution in [-0.2, 0) is 11.3 Å². The van der Waals surface area contributed by atoms with Gasteiger partial charge in [0.2, 0.25) is 5.91 Å². The van der Waals surface area contributed by atoms with E-state index in [-0.39, 0.29) is 24.4 Å². The summed E-state index contributed by atoms with van der Waals surface area (Å²) < 4.78 is 6.00. The first-order valence-electron chi connectivity index (χ1n) is 8.78. The number of halogens is 1. The quantitative estimate of drug-likeness (QED) is 0.815. The number of hydrogen-bond donors (Lipinski definition) is 2. The molecule has 1 saturated carbocycles. The molecule has 1 atom stereocenters. The highest BCUT2D eigenvalue weighted by Gasteiger charge is 2.35. The molecule has 136 valence electrons. The molecule has 2 rings (SSSR count). The molecule has 1 amide bonds. The number of rotatable bonds is 6. The lowest BCUT2D eigenvalue weighted by atomic mass is 9.82. The smallest absolute Gasteiger partial charge is 0.240 e. The number of hydrogen-bond acceptors (Lipinski definition) is 3. The fraction of sp³-hybridized carbons (Fsp3) is 0.632. The molecule has 0 bridgehead atoms. The zero-order chi connectivity index (χ0) is 16.9. The summed E-state index contributed by atoms with van der Waals surface area (Å²) in [5.41, 5.74) is 7.75. The van der Waals surface area contributed by atoms with Crippen LogP contribution in [0.3, 0.4) is 0 Å². The number of carbonyl (C=O) groups excluding carboxylic acids is 1. The van der Waals surface area contributed by atoms with Gasteiger partial charge in [0.25, 0.3) is 0 Å². The summed E-state index contributed by atoms with van der Waals surface area (Å²) in [6.45, 7) is 6.66. The molecule has 1 aliphatic rings. The van der Waals surface area contributed by atoms with E-state index in [1.54, 1.807) is 0 Å². The Morgan fingerprint density at radius 1 is 1.33 bits per heavy atom. The van der Waals surface area contributed by atoms with Gasteiger partial charge in [0, 0.05) is 12.1 Å². The molecule has 1 fully saturated rings. The standard InChI is InChI=1S/C19H30N2O2.ClH/c1-4-15(3)23-17-12-14(2)8-9-16(17)13-21-18(22)19(20)10-6-5-7-11-19;/h8-9,12,15H,4-7,10-11,13,20H2,1-3H3,(H,21,22);1H. The fourth-order valence-corrected chi connectivity index (χ4v) is 2.98. The maximum absolute atomic E-state index is 12.5. The van der Waals surface area contributed by atoms with E-state index < -0.39 is 5.54 Å². The van der Waals surface area contributed by atoms with E-state index in [0.717, 1.165) is 49.0 Å². The van der Waals surface area contributed by atoms with Gasteiger partial charge in [-0.2, -0.15) is 0 Å². The number of carbonyl (C=O) groups is 1. The van der Waals surface area contributed by atoms with Gasteiger partial charge < -0.3 is 15.8 Å². The minimum atomic E-state index is -0.694. The van der Waals surface area contributed by atoms with E-state index in [0.29, 0.717) is 6.54 Å². The summed E-state index contributed by atoms with van der Waals surface area (Å²) in [6, 6.07) is 6.10. The van der Waals surface area contributed by atoms with Crippen LogP contribution in [-0.4, -0.2) is 17.6 Å². The Balaban J connectivity index is 0.00000288. The fourth-order valence-electron chi connectivity index (χ4n) is 2.98. The Bertz CT molecular complexity index is 542. The topological polar surface area (TPSA) is 64.3 Å². The summed E-state index contributed by atoms with van der Waals surface area (Å²) in [5.74, 6) is 0.821. The summed E-state index contributed by atoms with van der Waals surface area (Å²) >= 11 is 0. The number of benzene rings is 1. The van der Waals surface area contributed by atoms with E-state index in [1.807, 2.05) is 25.1 Å². The van der Waals surface area contributed by atoms with Crippen LogP contribution in [0.2, 0.25) is 0 Å². The van der Waals surface area contributed by atoms with Crippen LogP contribution in [0.4, 0.5) is 0 Å². The minimum Gasteiger partial charge on any atom is -0.490 e. The van der Waals surface area contributed by atoms with Crippen LogP contribution >= 0.6 is 12.4 Å². The third kappa shape index (κ3) is 5.38. The molecule has 0 aromatic heterocycles. The minimum absolute atomic E-state index is 0. The van der Waals surface area contributed by atoms with Gasteiger partial charge in [0.1, 0.15) is 5.75 Å². The van der Waals surface area contributed by atoms with Crippen molar-refractivity contribution in [2.45, 2.75) is 77.5 Å². The lowest BCUT2D eigenvalue weighted by Gasteiger charge is -2.32. The van der Waals surface area contributed by atoms with Crippen molar-refractivity contribution in [3.05, 3.63) is 29.3 Å². The SMILES string of the molecule is CCC(C)Oc1cc(C)ccc1CNC(=O)C1(N)CCCCC1.Cl. The Kier molecular flexibility index (Phi) is 8.04. The molecule has 0 spiro atoms. The van der Waals surface area contributed by atoms with E-state index in [2.05, 4.69) is 19.2 Å². The first kappa shape index (κ1) is 20.8. The van der Waals surface area contributed by atoms with Gasteiger partial charge >= 0.3 is 0 Å². The Labute approximate surface area is 151 Å².